The fraction of sp³-hybridized carbons (Fsp3) is 0.583. The van der Waals surface area contributed by atoms with Crippen LogP contribution in [-0.4, -0.2) is 37.5 Å². The molecule has 1 aromatic heterocycles. The number of rotatable bonds is 5. The van der Waals surface area contributed by atoms with E-state index in [-0.39, 0.29) is 5.60 Å². The Morgan fingerprint density at radius 3 is 2.94 bits per heavy atom. The third kappa shape index (κ3) is 2.78. The Kier molecular flexibility index (Phi) is 3.88. The average Bonchev–Trinajstić information content (AvgIpc) is 2.80. The maximum absolute atomic E-state index is 5.54. The fourth-order valence-corrected chi connectivity index (χ4v) is 1.90. The lowest BCUT2D eigenvalue weighted by Crippen LogP contribution is -2.42. The number of hydrogen-bond donors (Lipinski definition) is 1. The summed E-state index contributed by atoms with van der Waals surface area (Å²) in [7, 11) is 1.75. The van der Waals surface area contributed by atoms with Gasteiger partial charge in [0.1, 0.15) is 5.60 Å². The van der Waals surface area contributed by atoms with E-state index in [1.807, 2.05) is 24.5 Å². The van der Waals surface area contributed by atoms with Gasteiger partial charge in [-0.05, 0) is 17.7 Å². The Bertz CT molecular complexity index is 310. The third-order valence-corrected chi connectivity index (χ3v) is 3.03. The molecule has 1 unspecified atom stereocenters. The summed E-state index contributed by atoms with van der Waals surface area (Å²) in [4.78, 5) is 3.99. The Morgan fingerprint density at radius 1 is 1.50 bits per heavy atom. The van der Waals surface area contributed by atoms with Gasteiger partial charge >= 0.3 is 0 Å². The van der Waals surface area contributed by atoms with E-state index >= 15 is 0 Å². The number of aromatic nitrogens is 1. The van der Waals surface area contributed by atoms with Crippen molar-refractivity contribution in [3.63, 3.8) is 0 Å². The summed E-state index contributed by atoms with van der Waals surface area (Å²) in [5.74, 6) is 0. The average molecular weight is 222 g/mol. The molecule has 1 atom stereocenters. The molecular formula is C12H18N2O2. The zero-order chi connectivity index (χ0) is 11.3. The number of pyridine rings is 1. The molecule has 16 heavy (non-hydrogen) atoms. The van der Waals surface area contributed by atoms with Crippen LogP contribution in [0.15, 0.2) is 24.5 Å². The third-order valence-electron chi connectivity index (χ3n) is 3.03. The van der Waals surface area contributed by atoms with E-state index in [4.69, 9.17) is 9.47 Å². The highest BCUT2D eigenvalue weighted by molar-refractivity contribution is 5.09. The highest BCUT2D eigenvalue weighted by Crippen LogP contribution is 2.21. The van der Waals surface area contributed by atoms with Crippen molar-refractivity contribution in [2.45, 2.75) is 18.6 Å². The standard InChI is InChI=1S/C12H18N2O2/c1-15-12(4-7-16-10-12)9-14-8-11-2-5-13-6-3-11/h2-3,5-6,14H,4,7-10H2,1H3. The van der Waals surface area contributed by atoms with Crippen LogP contribution in [0.3, 0.4) is 0 Å². The monoisotopic (exact) mass is 222 g/mol. The zero-order valence-corrected chi connectivity index (χ0v) is 9.61. The molecular weight excluding hydrogens is 204 g/mol. The van der Waals surface area contributed by atoms with E-state index in [0.717, 1.165) is 26.1 Å². The summed E-state index contributed by atoms with van der Waals surface area (Å²) < 4.78 is 10.9. The molecule has 4 nitrogen and oxygen atoms in total. The number of nitrogens with zero attached hydrogens (tertiary/aromatic N) is 1. The fourth-order valence-electron chi connectivity index (χ4n) is 1.90. The summed E-state index contributed by atoms with van der Waals surface area (Å²) in [6.07, 6.45) is 4.58. The van der Waals surface area contributed by atoms with Crippen LogP contribution in [0, 0.1) is 0 Å². The maximum Gasteiger partial charge on any atom is 0.106 e. The normalized spacial score (nSPS) is 24.8. The van der Waals surface area contributed by atoms with Gasteiger partial charge < -0.3 is 14.8 Å². The van der Waals surface area contributed by atoms with Gasteiger partial charge in [0, 0.05) is 45.6 Å². The maximum atomic E-state index is 5.54. The lowest BCUT2D eigenvalue weighted by atomic mass is 10.0. The highest BCUT2D eigenvalue weighted by atomic mass is 16.5. The molecule has 4 heteroatoms. The lowest BCUT2D eigenvalue weighted by molar-refractivity contribution is -0.0159. The molecule has 1 aromatic rings. The summed E-state index contributed by atoms with van der Waals surface area (Å²) >= 11 is 0. The Hall–Kier alpha value is -0.970. The van der Waals surface area contributed by atoms with Crippen LogP contribution in [-0.2, 0) is 16.0 Å². The van der Waals surface area contributed by atoms with Crippen LogP contribution in [0.4, 0.5) is 0 Å². The molecule has 1 fully saturated rings. The second-order valence-electron chi connectivity index (χ2n) is 4.15. The van der Waals surface area contributed by atoms with Crippen molar-refractivity contribution in [3.8, 4) is 0 Å². The summed E-state index contributed by atoms with van der Waals surface area (Å²) in [6, 6.07) is 4.02. The molecule has 2 heterocycles. The van der Waals surface area contributed by atoms with Crippen molar-refractivity contribution >= 4 is 0 Å². The summed E-state index contributed by atoms with van der Waals surface area (Å²) in [5.41, 5.74) is 1.10. The first-order chi connectivity index (χ1) is 7.85. The van der Waals surface area contributed by atoms with E-state index < -0.39 is 0 Å². The molecule has 0 amide bonds. The van der Waals surface area contributed by atoms with Crippen molar-refractivity contribution in [2.75, 3.05) is 26.9 Å². The SMILES string of the molecule is COC1(CNCc2ccncc2)CCOC1. The van der Waals surface area contributed by atoms with E-state index in [2.05, 4.69) is 10.3 Å². The molecule has 0 aliphatic carbocycles. The van der Waals surface area contributed by atoms with E-state index in [9.17, 15) is 0 Å². The van der Waals surface area contributed by atoms with E-state index in [1.165, 1.54) is 5.56 Å². The second kappa shape index (κ2) is 5.39. The van der Waals surface area contributed by atoms with Crippen LogP contribution < -0.4 is 5.32 Å². The van der Waals surface area contributed by atoms with Gasteiger partial charge in [0.25, 0.3) is 0 Å². The van der Waals surface area contributed by atoms with Gasteiger partial charge in [-0.2, -0.15) is 0 Å². The van der Waals surface area contributed by atoms with Crippen molar-refractivity contribution in [3.05, 3.63) is 30.1 Å². The van der Waals surface area contributed by atoms with Gasteiger partial charge in [-0.25, -0.2) is 0 Å². The Balaban J connectivity index is 1.79. The van der Waals surface area contributed by atoms with Crippen LogP contribution >= 0.6 is 0 Å². The molecule has 1 aliphatic rings. The van der Waals surface area contributed by atoms with Crippen LogP contribution in [0.25, 0.3) is 0 Å². The Labute approximate surface area is 96.0 Å². The minimum Gasteiger partial charge on any atom is -0.378 e. The highest BCUT2D eigenvalue weighted by Gasteiger charge is 2.34. The van der Waals surface area contributed by atoms with Crippen molar-refractivity contribution < 1.29 is 9.47 Å². The first-order valence-electron chi connectivity index (χ1n) is 5.57. The molecule has 1 aliphatic heterocycles. The molecule has 0 bridgehead atoms. The Morgan fingerprint density at radius 2 is 2.31 bits per heavy atom. The molecule has 0 aromatic carbocycles. The van der Waals surface area contributed by atoms with Crippen molar-refractivity contribution in [1.82, 2.24) is 10.3 Å². The number of ether oxygens (including phenoxy) is 2. The number of hydrogen-bond acceptors (Lipinski definition) is 4. The van der Waals surface area contributed by atoms with Gasteiger partial charge in [-0.15, -0.1) is 0 Å². The van der Waals surface area contributed by atoms with Crippen molar-refractivity contribution in [1.29, 1.82) is 0 Å². The molecule has 88 valence electrons. The van der Waals surface area contributed by atoms with E-state index in [1.54, 1.807) is 7.11 Å². The molecule has 0 spiro atoms. The van der Waals surface area contributed by atoms with Crippen LogP contribution in [0.5, 0.6) is 0 Å². The van der Waals surface area contributed by atoms with E-state index in [0.29, 0.717) is 6.61 Å². The molecule has 0 radical (unpaired) electrons. The molecule has 2 rings (SSSR count). The zero-order valence-electron chi connectivity index (χ0n) is 9.61. The summed E-state index contributed by atoms with van der Waals surface area (Å²) in [6.45, 7) is 3.15. The van der Waals surface area contributed by atoms with Gasteiger partial charge in [-0.3, -0.25) is 4.98 Å². The predicted octanol–water partition coefficient (Wildman–Crippen LogP) is 0.977. The summed E-state index contributed by atoms with van der Waals surface area (Å²) in [5, 5.41) is 3.40. The van der Waals surface area contributed by atoms with Gasteiger partial charge in [0.05, 0.1) is 6.61 Å². The lowest BCUT2D eigenvalue weighted by Gasteiger charge is -2.26. The number of nitrogens with one attached hydrogen (secondary N) is 1. The van der Waals surface area contributed by atoms with Gasteiger partial charge in [-0.1, -0.05) is 0 Å². The minimum absolute atomic E-state index is 0.132. The van der Waals surface area contributed by atoms with Gasteiger partial charge in [0.15, 0.2) is 0 Å². The smallest absolute Gasteiger partial charge is 0.106 e. The first kappa shape index (κ1) is 11.5. The second-order valence-corrected chi connectivity index (χ2v) is 4.15. The van der Waals surface area contributed by atoms with Crippen molar-refractivity contribution in [2.24, 2.45) is 0 Å². The first-order valence-corrected chi connectivity index (χ1v) is 5.57. The van der Waals surface area contributed by atoms with Crippen LogP contribution in [0.1, 0.15) is 12.0 Å². The number of methoxy groups -OCH3 is 1. The quantitative estimate of drug-likeness (QED) is 0.806. The minimum atomic E-state index is -0.132. The largest absolute Gasteiger partial charge is 0.378 e. The van der Waals surface area contributed by atoms with Crippen LogP contribution in [0.2, 0.25) is 0 Å². The van der Waals surface area contributed by atoms with Gasteiger partial charge in [0.2, 0.25) is 0 Å². The topological polar surface area (TPSA) is 43.4 Å². The molecule has 0 saturated carbocycles. The predicted molar refractivity (Wildman–Crippen MR) is 61.1 cm³/mol. The molecule has 1 N–H and O–H groups in total. The molecule has 1 saturated heterocycles.